The molecule has 0 bridgehead atoms. The highest BCUT2D eigenvalue weighted by Crippen LogP contribution is 2.18. The molecule has 88 valence electrons. The predicted molar refractivity (Wildman–Crippen MR) is 65.0 cm³/mol. The molecule has 2 heterocycles. The maximum Gasteiger partial charge on any atom is 0.254 e. The molecule has 4 heteroatoms. The van der Waals surface area contributed by atoms with Gasteiger partial charge in [-0.3, -0.25) is 4.79 Å². The van der Waals surface area contributed by atoms with Gasteiger partial charge in [-0.25, -0.2) is 0 Å². The molecule has 1 aliphatic rings. The van der Waals surface area contributed by atoms with Crippen molar-refractivity contribution < 1.29 is 9.53 Å². The highest BCUT2D eigenvalue weighted by atomic mass is 32.1. The summed E-state index contributed by atoms with van der Waals surface area (Å²) in [5, 5.41) is 1.93. The zero-order chi connectivity index (χ0) is 11.7. The largest absolute Gasteiger partial charge is 0.372 e. The Morgan fingerprint density at radius 2 is 2.06 bits per heavy atom. The summed E-state index contributed by atoms with van der Waals surface area (Å²) in [5.74, 6) is 0.131. The first kappa shape index (κ1) is 11.6. The van der Waals surface area contributed by atoms with E-state index in [4.69, 9.17) is 4.74 Å². The second-order valence-electron chi connectivity index (χ2n) is 4.41. The van der Waals surface area contributed by atoms with Crippen LogP contribution in [0.25, 0.3) is 0 Å². The molecule has 0 radical (unpaired) electrons. The van der Waals surface area contributed by atoms with Crippen LogP contribution < -0.4 is 0 Å². The molecule has 0 aliphatic carbocycles. The van der Waals surface area contributed by atoms with Crippen LogP contribution in [0.3, 0.4) is 0 Å². The molecule has 1 amide bonds. The Balaban J connectivity index is 2.09. The Hall–Kier alpha value is -0.870. The van der Waals surface area contributed by atoms with E-state index in [9.17, 15) is 4.79 Å². The number of nitrogens with zero attached hydrogens (tertiary/aromatic N) is 1. The number of morpholine rings is 1. The quantitative estimate of drug-likeness (QED) is 0.752. The summed E-state index contributed by atoms with van der Waals surface area (Å²) in [6.07, 6.45) is 0.264. The lowest BCUT2D eigenvalue weighted by atomic mass is 10.2. The number of ether oxygens (including phenoxy) is 1. The van der Waals surface area contributed by atoms with Gasteiger partial charge >= 0.3 is 0 Å². The van der Waals surface area contributed by atoms with Crippen molar-refractivity contribution in [3.8, 4) is 0 Å². The van der Waals surface area contributed by atoms with Crippen LogP contribution in [0, 0.1) is 6.92 Å². The monoisotopic (exact) mass is 239 g/mol. The van der Waals surface area contributed by atoms with Crippen molar-refractivity contribution in [1.82, 2.24) is 4.90 Å². The maximum atomic E-state index is 12.2. The van der Waals surface area contributed by atoms with Crippen LogP contribution in [0.15, 0.2) is 11.4 Å². The normalized spacial score (nSPS) is 25.8. The van der Waals surface area contributed by atoms with Gasteiger partial charge in [-0.05, 0) is 26.8 Å². The molecule has 16 heavy (non-hydrogen) atoms. The number of hydrogen-bond donors (Lipinski definition) is 0. The molecule has 1 aliphatic heterocycles. The average molecular weight is 239 g/mol. The van der Waals surface area contributed by atoms with Crippen molar-refractivity contribution >= 4 is 17.2 Å². The minimum Gasteiger partial charge on any atom is -0.372 e. The van der Waals surface area contributed by atoms with Gasteiger partial charge in [0.25, 0.3) is 5.91 Å². The SMILES string of the molecule is Cc1cc(C(=O)N2C[C@@H](C)O[C@H](C)C2)cs1. The number of thiophene rings is 1. The first-order valence-electron chi connectivity index (χ1n) is 5.56. The fraction of sp³-hybridized carbons (Fsp3) is 0.583. The second kappa shape index (κ2) is 4.55. The van der Waals surface area contributed by atoms with Gasteiger partial charge in [0.15, 0.2) is 0 Å². The third kappa shape index (κ3) is 2.44. The first-order chi connectivity index (χ1) is 7.56. The van der Waals surface area contributed by atoms with E-state index in [-0.39, 0.29) is 18.1 Å². The predicted octanol–water partition coefficient (Wildman–Crippen LogP) is 2.31. The van der Waals surface area contributed by atoms with Crippen molar-refractivity contribution in [2.45, 2.75) is 33.0 Å². The van der Waals surface area contributed by atoms with Crippen molar-refractivity contribution in [3.63, 3.8) is 0 Å². The highest BCUT2D eigenvalue weighted by Gasteiger charge is 2.26. The molecule has 1 fully saturated rings. The van der Waals surface area contributed by atoms with Gasteiger partial charge in [0, 0.05) is 23.3 Å². The van der Waals surface area contributed by atoms with Gasteiger partial charge in [0.05, 0.1) is 17.8 Å². The lowest BCUT2D eigenvalue weighted by Crippen LogP contribution is -2.48. The molecule has 0 saturated carbocycles. The average Bonchev–Trinajstić information content (AvgIpc) is 2.62. The van der Waals surface area contributed by atoms with Crippen molar-refractivity contribution in [1.29, 1.82) is 0 Å². The summed E-state index contributed by atoms with van der Waals surface area (Å²) in [5.41, 5.74) is 0.809. The Morgan fingerprint density at radius 1 is 1.44 bits per heavy atom. The molecule has 2 rings (SSSR count). The summed E-state index contributed by atoms with van der Waals surface area (Å²) in [6, 6.07) is 1.96. The summed E-state index contributed by atoms with van der Waals surface area (Å²) < 4.78 is 5.62. The molecule has 0 spiro atoms. The molecule has 0 aromatic carbocycles. The molecular weight excluding hydrogens is 222 g/mol. The molecule has 3 nitrogen and oxygen atoms in total. The van der Waals surface area contributed by atoms with Crippen LogP contribution in [0.5, 0.6) is 0 Å². The first-order valence-corrected chi connectivity index (χ1v) is 6.44. The van der Waals surface area contributed by atoms with E-state index in [0.717, 1.165) is 5.56 Å². The van der Waals surface area contributed by atoms with E-state index in [0.29, 0.717) is 13.1 Å². The van der Waals surface area contributed by atoms with Gasteiger partial charge in [-0.15, -0.1) is 11.3 Å². The fourth-order valence-corrected chi connectivity index (χ4v) is 2.76. The lowest BCUT2D eigenvalue weighted by molar-refractivity contribution is -0.0586. The van der Waals surface area contributed by atoms with E-state index in [2.05, 4.69) is 0 Å². The number of amides is 1. The van der Waals surface area contributed by atoms with Crippen LogP contribution in [0.1, 0.15) is 29.1 Å². The van der Waals surface area contributed by atoms with E-state index in [1.807, 2.05) is 37.1 Å². The third-order valence-electron chi connectivity index (χ3n) is 2.68. The Kier molecular flexibility index (Phi) is 3.30. The van der Waals surface area contributed by atoms with E-state index >= 15 is 0 Å². The van der Waals surface area contributed by atoms with E-state index in [1.54, 1.807) is 11.3 Å². The third-order valence-corrected chi connectivity index (χ3v) is 3.55. The van der Waals surface area contributed by atoms with Crippen molar-refractivity contribution in [2.75, 3.05) is 13.1 Å². The van der Waals surface area contributed by atoms with Gasteiger partial charge in [0.1, 0.15) is 0 Å². The number of carbonyl (C=O) groups is 1. The Bertz CT molecular complexity index is 378. The maximum absolute atomic E-state index is 12.2. The number of rotatable bonds is 1. The van der Waals surface area contributed by atoms with Crippen LogP contribution in [0.2, 0.25) is 0 Å². The van der Waals surface area contributed by atoms with Crippen molar-refractivity contribution in [2.24, 2.45) is 0 Å². The smallest absolute Gasteiger partial charge is 0.254 e. The van der Waals surface area contributed by atoms with Crippen LogP contribution in [0.4, 0.5) is 0 Å². The van der Waals surface area contributed by atoms with Crippen molar-refractivity contribution in [3.05, 3.63) is 21.9 Å². The standard InChI is InChI=1S/C12H17NO2S/c1-8-5-13(6-9(2)15-8)12(14)11-4-10(3)16-7-11/h4,7-9H,5-6H2,1-3H3/t8-,9-/m1/s1. The van der Waals surface area contributed by atoms with Crippen LogP contribution in [-0.4, -0.2) is 36.1 Å². The Morgan fingerprint density at radius 3 is 2.56 bits per heavy atom. The topological polar surface area (TPSA) is 29.5 Å². The number of carbonyl (C=O) groups excluding carboxylic acids is 1. The molecule has 1 aromatic rings. The number of hydrogen-bond acceptors (Lipinski definition) is 3. The highest BCUT2D eigenvalue weighted by molar-refractivity contribution is 7.10. The van der Waals surface area contributed by atoms with Gasteiger partial charge in [-0.2, -0.15) is 0 Å². The molecule has 2 atom stereocenters. The summed E-state index contributed by atoms with van der Waals surface area (Å²) >= 11 is 1.62. The number of aryl methyl sites for hydroxylation is 1. The van der Waals surface area contributed by atoms with Gasteiger partial charge in [-0.1, -0.05) is 0 Å². The lowest BCUT2D eigenvalue weighted by Gasteiger charge is -2.35. The van der Waals surface area contributed by atoms with E-state index < -0.39 is 0 Å². The zero-order valence-electron chi connectivity index (χ0n) is 9.90. The minimum absolute atomic E-state index is 0.131. The summed E-state index contributed by atoms with van der Waals surface area (Å²) in [6.45, 7) is 7.42. The fourth-order valence-electron chi connectivity index (χ4n) is 2.08. The zero-order valence-corrected chi connectivity index (χ0v) is 10.7. The second-order valence-corrected chi connectivity index (χ2v) is 5.53. The Labute approximate surface area is 100 Å². The summed E-state index contributed by atoms with van der Waals surface area (Å²) in [7, 11) is 0. The summed E-state index contributed by atoms with van der Waals surface area (Å²) in [4.78, 5) is 15.2. The molecule has 1 aromatic heterocycles. The molecule has 1 saturated heterocycles. The van der Waals surface area contributed by atoms with Gasteiger partial charge in [0.2, 0.25) is 0 Å². The van der Waals surface area contributed by atoms with Crippen LogP contribution >= 0.6 is 11.3 Å². The molecule has 0 N–H and O–H groups in total. The van der Waals surface area contributed by atoms with Crippen LogP contribution in [-0.2, 0) is 4.74 Å². The van der Waals surface area contributed by atoms with Gasteiger partial charge < -0.3 is 9.64 Å². The minimum atomic E-state index is 0.131. The van der Waals surface area contributed by atoms with E-state index in [1.165, 1.54) is 4.88 Å². The molecular formula is C12H17NO2S. The molecule has 0 unspecified atom stereocenters.